The van der Waals surface area contributed by atoms with E-state index < -0.39 is 0 Å². The highest BCUT2D eigenvalue weighted by atomic mass is 16.5. The van der Waals surface area contributed by atoms with Crippen LogP contribution in [0.5, 0.6) is 0 Å². The minimum atomic E-state index is -0.136. The fraction of sp³-hybridized carbons (Fsp3) is 0.455. The van der Waals surface area contributed by atoms with E-state index >= 15 is 0 Å². The molecule has 2 heterocycles. The average molecular weight is 368 g/mol. The Kier molecular flexibility index (Phi) is 5.99. The third kappa shape index (κ3) is 4.24. The van der Waals surface area contributed by atoms with Crippen molar-refractivity contribution in [1.82, 2.24) is 9.47 Å². The summed E-state index contributed by atoms with van der Waals surface area (Å²) in [5, 5.41) is 0. The Morgan fingerprint density at radius 3 is 2.33 bits per heavy atom. The molecule has 0 bridgehead atoms. The standard InChI is InChI=1S/C22H28N2O3/c1-4-23-15-19(17-8-6-16(3)7-9-17)14-20(23)21(25)24-12-10-18(11-13-24)22(26)27-5-2/h6-9,14-15,18H,4-5,10-13H2,1-3H3. The number of rotatable bonds is 5. The number of carbonyl (C=O) groups is 2. The molecule has 1 aromatic heterocycles. The Morgan fingerprint density at radius 2 is 1.74 bits per heavy atom. The number of nitrogens with zero attached hydrogens (tertiary/aromatic N) is 2. The highest BCUT2D eigenvalue weighted by molar-refractivity contribution is 5.94. The second-order valence-corrected chi connectivity index (χ2v) is 7.08. The molecule has 1 aliphatic rings. The zero-order valence-corrected chi connectivity index (χ0v) is 16.4. The van der Waals surface area contributed by atoms with Gasteiger partial charge in [-0.1, -0.05) is 29.8 Å². The Labute approximate surface area is 160 Å². The number of hydrogen-bond donors (Lipinski definition) is 0. The molecule has 5 nitrogen and oxygen atoms in total. The number of aryl methyl sites for hydroxylation is 2. The number of piperidine rings is 1. The predicted octanol–water partition coefficient (Wildman–Crippen LogP) is 3.90. The minimum Gasteiger partial charge on any atom is -0.466 e. The lowest BCUT2D eigenvalue weighted by Gasteiger charge is -2.31. The van der Waals surface area contributed by atoms with Crippen LogP contribution in [0.2, 0.25) is 0 Å². The molecule has 2 aromatic rings. The molecule has 0 N–H and O–H groups in total. The van der Waals surface area contributed by atoms with E-state index in [4.69, 9.17) is 4.74 Å². The van der Waals surface area contributed by atoms with Gasteiger partial charge in [0, 0.05) is 31.4 Å². The topological polar surface area (TPSA) is 51.5 Å². The van der Waals surface area contributed by atoms with Crippen LogP contribution in [0.3, 0.4) is 0 Å². The first-order valence-electron chi connectivity index (χ1n) is 9.76. The maximum absolute atomic E-state index is 13.1. The fourth-order valence-electron chi connectivity index (χ4n) is 3.60. The molecule has 3 rings (SSSR count). The minimum absolute atomic E-state index is 0.0394. The molecule has 0 radical (unpaired) electrons. The molecule has 144 valence electrons. The number of carbonyl (C=O) groups excluding carboxylic acids is 2. The zero-order valence-electron chi connectivity index (χ0n) is 16.4. The lowest BCUT2D eigenvalue weighted by atomic mass is 9.97. The number of amides is 1. The molecule has 0 atom stereocenters. The number of hydrogen-bond acceptors (Lipinski definition) is 3. The van der Waals surface area contributed by atoms with Gasteiger partial charge in [-0.3, -0.25) is 9.59 Å². The van der Waals surface area contributed by atoms with E-state index in [0.29, 0.717) is 38.2 Å². The monoisotopic (exact) mass is 368 g/mol. The summed E-state index contributed by atoms with van der Waals surface area (Å²) in [6, 6.07) is 10.3. The fourth-order valence-corrected chi connectivity index (χ4v) is 3.60. The molecule has 27 heavy (non-hydrogen) atoms. The Bertz CT molecular complexity index is 799. The average Bonchev–Trinajstić information content (AvgIpc) is 3.12. The largest absolute Gasteiger partial charge is 0.466 e. The van der Waals surface area contributed by atoms with Gasteiger partial charge >= 0.3 is 5.97 Å². The summed E-state index contributed by atoms with van der Waals surface area (Å²) in [5.41, 5.74) is 4.10. The summed E-state index contributed by atoms with van der Waals surface area (Å²) in [5.74, 6) is -0.184. The SMILES string of the molecule is CCOC(=O)C1CCN(C(=O)c2cc(-c3ccc(C)cc3)cn2CC)CC1. The second kappa shape index (κ2) is 8.42. The Balaban J connectivity index is 1.73. The van der Waals surface area contributed by atoms with Crippen LogP contribution in [0.25, 0.3) is 11.1 Å². The lowest BCUT2D eigenvalue weighted by molar-refractivity contribution is -0.149. The molecular formula is C22H28N2O3. The molecule has 1 aliphatic heterocycles. The maximum Gasteiger partial charge on any atom is 0.309 e. The molecule has 0 unspecified atom stereocenters. The van der Waals surface area contributed by atoms with Crippen molar-refractivity contribution in [2.75, 3.05) is 19.7 Å². The molecular weight excluding hydrogens is 340 g/mol. The van der Waals surface area contributed by atoms with Crippen molar-refractivity contribution in [3.05, 3.63) is 47.8 Å². The summed E-state index contributed by atoms with van der Waals surface area (Å²) in [7, 11) is 0. The maximum atomic E-state index is 13.1. The van der Waals surface area contributed by atoms with E-state index in [-0.39, 0.29) is 17.8 Å². The molecule has 0 spiro atoms. The first-order valence-corrected chi connectivity index (χ1v) is 9.76. The highest BCUT2D eigenvalue weighted by Crippen LogP contribution is 2.25. The van der Waals surface area contributed by atoms with Gasteiger partial charge in [-0.15, -0.1) is 0 Å². The van der Waals surface area contributed by atoms with Gasteiger partial charge in [-0.05, 0) is 45.2 Å². The molecule has 1 aromatic carbocycles. The molecule has 5 heteroatoms. The summed E-state index contributed by atoms with van der Waals surface area (Å²) in [4.78, 5) is 26.8. The van der Waals surface area contributed by atoms with E-state index in [2.05, 4.69) is 31.2 Å². The second-order valence-electron chi connectivity index (χ2n) is 7.08. The van der Waals surface area contributed by atoms with Crippen LogP contribution in [0, 0.1) is 12.8 Å². The van der Waals surface area contributed by atoms with E-state index in [1.807, 2.05) is 35.6 Å². The Morgan fingerprint density at radius 1 is 1.07 bits per heavy atom. The summed E-state index contributed by atoms with van der Waals surface area (Å²) >= 11 is 0. The highest BCUT2D eigenvalue weighted by Gasteiger charge is 2.29. The molecule has 1 saturated heterocycles. The van der Waals surface area contributed by atoms with Crippen molar-refractivity contribution in [3.63, 3.8) is 0 Å². The van der Waals surface area contributed by atoms with Gasteiger partial charge in [-0.25, -0.2) is 0 Å². The van der Waals surface area contributed by atoms with Crippen molar-refractivity contribution < 1.29 is 14.3 Å². The van der Waals surface area contributed by atoms with Crippen molar-refractivity contribution >= 4 is 11.9 Å². The summed E-state index contributed by atoms with van der Waals surface area (Å²) in [6.07, 6.45) is 3.38. The molecule has 1 fully saturated rings. The smallest absolute Gasteiger partial charge is 0.309 e. The van der Waals surface area contributed by atoms with Gasteiger partial charge in [0.05, 0.1) is 12.5 Å². The number of ether oxygens (including phenoxy) is 1. The van der Waals surface area contributed by atoms with E-state index in [1.54, 1.807) is 0 Å². The van der Waals surface area contributed by atoms with Gasteiger partial charge < -0.3 is 14.2 Å². The van der Waals surface area contributed by atoms with E-state index in [0.717, 1.165) is 17.7 Å². The summed E-state index contributed by atoms with van der Waals surface area (Å²) in [6.45, 7) is 8.27. The van der Waals surface area contributed by atoms with Crippen LogP contribution in [0.4, 0.5) is 0 Å². The number of esters is 1. The van der Waals surface area contributed by atoms with Gasteiger partial charge in [0.2, 0.25) is 0 Å². The zero-order chi connectivity index (χ0) is 19.4. The van der Waals surface area contributed by atoms with Crippen LogP contribution >= 0.6 is 0 Å². The van der Waals surface area contributed by atoms with Crippen LogP contribution in [-0.4, -0.2) is 41.0 Å². The van der Waals surface area contributed by atoms with Crippen molar-refractivity contribution in [3.8, 4) is 11.1 Å². The molecule has 1 amide bonds. The quantitative estimate of drug-likeness (QED) is 0.752. The molecule has 0 saturated carbocycles. The number of aromatic nitrogens is 1. The summed E-state index contributed by atoms with van der Waals surface area (Å²) < 4.78 is 7.12. The number of benzene rings is 1. The third-order valence-electron chi connectivity index (χ3n) is 5.24. The van der Waals surface area contributed by atoms with Crippen molar-refractivity contribution in [1.29, 1.82) is 0 Å². The Hall–Kier alpha value is -2.56. The van der Waals surface area contributed by atoms with Gasteiger partial charge in [0.15, 0.2) is 0 Å². The first-order chi connectivity index (χ1) is 13.0. The van der Waals surface area contributed by atoms with E-state index in [9.17, 15) is 9.59 Å². The van der Waals surface area contributed by atoms with Gasteiger partial charge in [0.25, 0.3) is 5.91 Å². The van der Waals surface area contributed by atoms with Crippen LogP contribution in [0.1, 0.15) is 42.7 Å². The van der Waals surface area contributed by atoms with Gasteiger partial charge in [-0.2, -0.15) is 0 Å². The lowest BCUT2D eigenvalue weighted by Crippen LogP contribution is -2.41. The normalized spacial score (nSPS) is 15.0. The van der Waals surface area contributed by atoms with E-state index in [1.165, 1.54) is 5.56 Å². The van der Waals surface area contributed by atoms with Gasteiger partial charge in [0.1, 0.15) is 5.69 Å². The predicted molar refractivity (Wildman–Crippen MR) is 106 cm³/mol. The van der Waals surface area contributed by atoms with Crippen LogP contribution in [-0.2, 0) is 16.1 Å². The molecule has 0 aliphatic carbocycles. The third-order valence-corrected chi connectivity index (χ3v) is 5.24. The first kappa shape index (κ1) is 19.2. The van der Waals surface area contributed by atoms with Crippen LogP contribution < -0.4 is 0 Å². The van der Waals surface area contributed by atoms with Crippen molar-refractivity contribution in [2.45, 2.75) is 40.2 Å². The number of likely N-dealkylation sites (tertiary alicyclic amines) is 1. The van der Waals surface area contributed by atoms with Crippen LogP contribution in [0.15, 0.2) is 36.5 Å². The van der Waals surface area contributed by atoms with Crippen molar-refractivity contribution in [2.24, 2.45) is 5.92 Å².